The van der Waals surface area contributed by atoms with E-state index < -0.39 is 6.16 Å². The number of pyridine rings is 1. The summed E-state index contributed by atoms with van der Waals surface area (Å²) in [4.78, 5) is 35.5. The molecular formula is C24H23N3O4S2. The quantitative estimate of drug-likeness (QED) is 0.418. The third-order valence-corrected chi connectivity index (χ3v) is 7.64. The molecule has 0 aliphatic heterocycles. The van der Waals surface area contributed by atoms with Gasteiger partial charge in [-0.25, -0.2) is 4.79 Å². The van der Waals surface area contributed by atoms with Gasteiger partial charge in [-0.3, -0.25) is 14.8 Å². The zero-order valence-corrected chi connectivity index (χ0v) is 19.8. The molecule has 3 aromatic rings. The maximum Gasteiger partial charge on any atom is 0.508 e. The van der Waals surface area contributed by atoms with Gasteiger partial charge in [-0.05, 0) is 36.0 Å². The molecule has 0 saturated carbocycles. The van der Waals surface area contributed by atoms with E-state index in [1.807, 2.05) is 19.1 Å². The summed E-state index contributed by atoms with van der Waals surface area (Å²) < 4.78 is 10.7. The minimum Gasteiger partial charge on any atom is -0.431 e. The summed E-state index contributed by atoms with van der Waals surface area (Å²) in [6.45, 7) is 2.15. The molecule has 0 saturated heterocycles. The van der Waals surface area contributed by atoms with Crippen molar-refractivity contribution in [2.45, 2.75) is 57.7 Å². The molecule has 170 valence electrons. The molecule has 7 nitrogen and oxygen atoms in total. The number of rotatable bonds is 8. The third-order valence-electron chi connectivity index (χ3n) is 5.63. The van der Waals surface area contributed by atoms with Crippen molar-refractivity contribution in [3.63, 3.8) is 0 Å². The Morgan fingerprint density at radius 3 is 2.94 bits per heavy atom. The summed E-state index contributed by atoms with van der Waals surface area (Å²) in [5.74, 6) is 0.168. The van der Waals surface area contributed by atoms with E-state index in [-0.39, 0.29) is 30.8 Å². The lowest BCUT2D eigenvalue weighted by molar-refractivity contribution is -0.118. The van der Waals surface area contributed by atoms with Crippen molar-refractivity contribution >= 4 is 34.6 Å². The van der Waals surface area contributed by atoms with Gasteiger partial charge in [0.2, 0.25) is 0 Å². The maximum atomic E-state index is 12.7. The lowest BCUT2D eigenvalue weighted by atomic mass is 9.92. The van der Waals surface area contributed by atoms with Crippen LogP contribution in [-0.2, 0) is 40.1 Å². The Hall–Kier alpha value is -3.09. The van der Waals surface area contributed by atoms with Gasteiger partial charge in [-0.15, -0.1) is 22.7 Å². The highest BCUT2D eigenvalue weighted by atomic mass is 32.1. The van der Waals surface area contributed by atoms with E-state index in [2.05, 4.69) is 16.0 Å². The van der Waals surface area contributed by atoms with Gasteiger partial charge in [0.25, 0.3) is 0 Å². The number of ketones is 1. The van der Waals surface area contributed by atoms with E-state index in [9.17, 15) is 14.9 Å². The zero-order valence-electron chi connectivity index (χ0n) is 18.2. The van der Waals surface area contributed by atoms with Gasteiger partial charge in [0, 0.05) is 47.6 Å². The van der Waals surface area contributed by atoms with Crippen LogP contribution >= 0.6 is 22.7 Å². The Balaban J connectivity index is 1.35. The summed E-state index contributed by atoms with van der Waals surface area (Å²) in [6, 6.07) is 6.13. The normalized spacial score (nSPS) is 15.8. The van der Waals surface area contributed by atoms with E-state index in [0.717, 1.165) is 25.8 Å². The number of ether oxygens (including phenoxy) is 2. The van der Waals surface area contributed by atoms with Crippen LogP contribution in [0.1, 0.15) is 57.0 Å². The molecule has 0 bridgehead atoms. The Labute approximate surface area is 200 Å². The van der Waals surface area contributed by atoms with Gasteiger partial charge in [0.15, 0.2) is 0 Å². The van der Waals surface area contributed by atoms with Crippen molar-refractivity contribution in [3.05, 3.63) is 67.6 Å². The van der Waals surface area contributed by atoms with Crippen LogP contribution in [0, 0.1) is 11.3 Å². The molecule has 0 fully saturated rings. The number of nitrogens with zero attached hydrogens (tertiary/aromatic N) is 3. The molecule has 2 unspecified atom stereocenters. The van der Waals surface area contributed by atoms with Gasteiger partial charge in [0.05, 0.1) is 16.0 Å². The number of aromatic nitrogens is 2. The standard InChI is InChI=1S/C24H23N3O4S2/c1-15(16-3-2-6-26-11-16)7-17(28)8-22-21(10-25)20-5-4-18(9-23(20)33-22)31-24(29)30-13-19-12-27-14-32-19/h2-3,6,11-12,14-15,18H,4-5,7-9,13H2,1H3. The predicted octanol–water partition coefficient (Wildman–Crippen LogP) is 4.99. The largest absolute Gasteiger partial charge is 0.508 e. The fraction of sp³-hybridized carbons (Fsp3) is 0.375. The summed E-state index contributed by atoms with van der Waals surface area (Å²) >= 11 is 2.90. The predicted molar refractivity (Wildman–Crippen MR) is 124 cm³/mol. The zero-order chi connectivity index (χ0) is 23.2. The number of thiophene rings is 1. The van der Waals surface area contributed by atoms with Crippen molar-refractivity contribution in [1.29, 1.82) is 5.26 Å². The molecule has 1 aliphatic rings. The van der Waals surface area contributed by atoms with Crippen LogP contribution < -0.4 is 0 Å². The number of hydrogen-bond donors (Lipinski definition) is 0. The van der Waals surface area contributed by atoms with E-state index in [1.54, 1.807) is 24.1 Å². The first-order valence-corrected chi connectivity index (χ1v) is 12.4. The summed E-state index contributed by atoms with van der Waals surface area (Å²) in [7, 11) is 0. The molecule has 3 heterocycles. The monoisotopic (exact) mass is 481 g/mol. The highest BCUT2D eigenvalue weighted by Gasteiger charge is 2.29. The minimum atomic E-state index is -0.700. The average molecular weight is 482 g/mol. The number of nitriles is 1. The molecule has 2 atom stereocenters. The molecule has 33 heavy (non-hydrogen) atoms. The number of thiazole rings is 1. The Morgan fingerprint density at radius 1 is 1.33 bits per heavy atom. The lowest BCUT2D eigenvalue weighted by Gasteiger charge is -2.22. The van der Waals surface area contributed by atoms with Crippen LogP contribution in [0.4, 0.5) is 4.79 Å². The minimum absolute atomic E-state index is 0.0695. The van der Waals surface area contributed by atoms with E-state index in [0.29, 0.717) is 31.2 Å². The maximum absolute atomic E-state index is 12.7. The van der Waals surface area contributed by atoms with Gasteiger partial charge in [0.1, 0.15) is 24.6 Å². The number of Topliss-reactive ketones (excluding diaryl/α,β-unsaturated/α-hetero) is 1. The molecular weight excluding hydrogens is 458 g/mol. The molecule has 9 heteroatoms. The van der Waals surface area contributed by atoms with Crippen molar-refractivity contribution in [1.82, 2.24) is 9.97 Å². The van der Waals surface area contributed by atoms with Crippen molar-refractivity contribution in [2.75, 3.05) is 0 Å². The molecule has 3 aromatic heterocycles. The second-order valence-electron chi connectivity index (χ2n) is 8.01. The van der Waals surface area contributed by atoms with E-state index >= 15 is 0 Å². The summed E-state index contributed by atoms with van der Waals surface area (Å²) in [6.07, 6.45) is 6.59. The molecule has 0 aromatic carbocycles. The molecule has 0 spiro atoms. The van der Waals surface area contributed by atoms with E-state index in [1.165, 1.54) is 22.7 Å². The average Bonchev–Trinajstić information content (AvgIpc) is 3.45. The van der Waals surface area contributed by atoms with E-state index in [4.69, 9.17) is 9.47 Å². The van der Waals surface area contributed by atoms with Crippen molar-refractivity contribution < 1.29 is 19.1 Å². The smallest absolute Gasteiger partial charge is 0.431 e. The second kappa shape index (κ2) is 10.7. The van der Waals surface area contributed by atoms with Gasteiger partial charge >= 0.3 is 6.16 Å². The molecule has 0 radical (unpaired) electrons. The van der Waals surface area contributed by atoms with Crippen molar-refractivity contribution in [3.8, 4) is 6.07 Å². The third kappa shape index (κ3) is 5.83. The summed E-state index contributed by atoms with van der Waals surface area (Å²) in [5.41, 5.74) is 4.31. The van der Waals surface area contributed by atoms with Crippen LogP contribution in [-0.4, -0.2) is 28.0 Å². The van der Waals surface area contributed by atoms with Crippen LogP contribution in [0.2, 0.25) is 0 Å². The van der Waals surface area contributed by atoms with Crippen LogP contribution in [0.25, 0.3) is 0 Å². The first kappa shape index (κ1) is 23.1. The van der Waals surface area contributed by atoms with Crippen LogP contribution in [0.5, 0.6) is 0 Å². The lowest BCUT2D eigenvalue weighted by Crippen LogP contribution is -2.25. The first-order chi connectivity index (χ1) is 16.0. The van der Waals surface area contributed by atoms with Crippen LogP contribution in [0.15, 0.2) is 36.2 Å². The molecule has 4 rings (SSSR count). The number of carbonyl (C=O) groups is 2. The number of fused-ring (bicyclic) bond motifs is 1. The Kier molecular flexibility index (Phi) is 7.47. The summed E-state index contributed by atoms with van der Waals surface area (Å²) in [5, 5.41) is 9.74. The highest BCUT2D eigenvalue weighted by Crippen LogP contribution is 2.36. The topological polar surface area (TPSA) is 102 Å². The second-order valence-corrected chi connectivity index (χ2v) is 10.2. The molecule has 1 aliphatic carbocycles. The highest BCUT2D eigenvalue weighted by molar-refractivity contribution is 7.12. The van der Waals surface area contributed by atoms with Crippen molar-refractivity contribution in [2.24, 2.45) is 0 Å². The Bertz CT molecular complexity index is 1150. The van der Waals surface area contributed by atoms with Crippen LogP contribution in [0.3, 0.4) is 0 Å². The number of carbonyl (C=O) groups excluding carboxylic acids is 2. The molecule has 0 N–H and O–H groups in total. The molecule has 0 amide bonds. The fourth-order valence-corrected chi connectivity index (χ4v) is 5.86. The van der Waals surface area contributed by atoms with Gasteiger partial charge in [-0.1, -0.05) is 13.0 Å². The first-order valence-electron chi connectivity index (χ1n) is 10.7. The van der Waals surface area contributed by atoms with Gasteiger partial charge in [-0.2, -0.15) is 5.26 Å². The fourth-order valence-electron chi connectivity index (χ4n) is 3.96. The Morgan fingerprint density at radius 2 is 2.21 bits per heavy atom. The SMILES string of the molecule is CC(CC(=O)Cc1sc2c(c1C#N)CCC(OC(=O)OCc1cncs1)C2)c1cccnc1. The number of hydrogen-bond acceptors (Lipinski definition) is 9. The van der Waals surface area contributed by atoms with Gasteiger partial charge < -0.3 is 9.47 Å².